The zero-order valence-corrected chi connectivity index (χ0v) is 12.3. The fourth-order valence-electron chi connectivity index (χ4n) is 3.69. The van der Waals surface area contributed by atoms with E-state index in [1.807, 2.05) is 0 Å². The van der Waals surface area contributed by atoms with Crippen LogP contribution in [0.5, 0.6) is 0 Å². The maximum atomic E-state index is 11.1. The van der Waals surface area contributed by atoms with Crippen LogP contribution in [-0.4, -0.2) is 49.7 Å². The number of rotatable bonds is 4. The summed E-state index contributed by atoms with van der Waals surface area (Å²) in [5.74, 6) is 0.225. The second-order valence-electron chi connectivity index (χ2n) is 6.22. The molecule has 0 N–H and O–H groups in total. The summed E-state index contributed by atoms with van der Waals surface area (Å²) in [6.45, 7) is 2.15. The van der Waals surface area contributed by atoms with Crippen LogP contribution in [0.1, 0.15) is 45.4 Å². The van der Waals surface area contributed by atoms with Gasteiger partial charge in [0, 0.05) is 13.5 Å². The van der Waals surface area contributed by atoms with Gasteiger partial charge in [-0.15, -0.1) is 0 Å². The van der Waals surface area contributed by atoms with Gasteiger partial charge in [0.25, 0.3) is 0 Å². The first-order chi connectivity index (χ1) is 9.63. The van der Waals surface area contributed by atoms with Gasteiger partial charge in [-0.05, 0) is 39.0 Å². The van der Waals surface area contributed by atoms with Gasteiger partial charge in [0.15, 0.2) is 6.29 Å². The van der Waals surface area contributed by atoms with E-state index < -0.39 is 0 Å². The van der Waals surface area contributed by atoms with E-state index in [2.05, 4.69) is 0 Å². The molecule has 0 aromatic heterocycles. The lowest BCUT2D eigenvalue weighted by Crippen LogP contribution is -2.51. The summed E-state index contributed by atoms with van der Waals surface area (Å²) >= 11 is 0. The first-order valence-corrected chi connectivity index (χ1v) is 7.60. The van der Waals surface area contributed by atoms with Gasteiger partial charge in [-0.2, -0.15) is 0 Å². The molecule has 5 heteroatoms. The van der Waals surface area contributed by atoms with E-state index in [4.69, 9.17) is 18.9 Å². The molecule has 114 valence electrons. The van der Waals surface area contributed by atoms with E-state index in [1.54, 1.807) is 14.0 Å². The molecule has 20 heavy (non-hydrogen) atoms. The Kier molecular flexibility index (Phi) is 4.13. The Bertz CT molecular complexity index is 371. The van der Waals surface area contributed by atoms with Crippen LogP contribution in [0.2, 0.25) is 0 Å². The van der Waals surface area contributed by atoms with Gasteiger partial charge in [0.2, 0.25) is 0 Å². The molecule has 0 radical (unpaired) electrons. The van der Waals surface area contributed by atoms with Gasteiger partial charge in [-0.3, -0.25) is 0 Å². The number of fused-ring (bicyclic) bond motifs is 1. The monoisotopic (exact) mass is 284 g/mol. The highest BCUT2D eigenvalue weighted by molar-refractivity contribution is 5.75. The topological polar surface area (TPSA) is 54.0 Å². The van der Waals surface area contributed by atoms with Crippen molar-refractivity contribution in [1.29, 1.82) is 0 Å². The van der Waals surface area contributed by atoms with Gasteiger partial charge in [-0.25, -0.2) is 0 Å². The lowest BCUT2D eigenvalue weighted by molar-refractivity contribution is -0.189. The van der Waals surface area contributed by atoms with Crippen molar-refractivity contribution in [2.24, 2.45) is 0 Å². The van der Waals surface area contributed by atoms with Crippen LogP contribution in [-0.2, 0) is 23.7 Å². The van der Waals surface area contributed by atoms with E-state index in [-0.39, 0.29) is 36.0 Å². The Morgan fingerprint density at radius 1 is 1.35 bits per heavy atom. The molecule has 3 unspecified atom stereocenters. The van der Waals surface area contributed by atoms with Crippen LogP contribution < -0.4 is 0 Å². The highest BCUT2D eigenvalue weighted by Crippen LogP contribution is 2.46. The average Bonchev–Trinajstić information content (AvgIpc) is 2.77. The normalized spacial score (nSPS) is 43.9. The summed E-state index contributed by atoms with van der Waals surface area (Å²) in [4.78, 5) is 11.1. The van der Waals surface area contributed by atoms with Gasteiger partial charge >= 0.3 is 0 Å². The van der Waals surface area contributed by atoms with Crippen LogP contribution in [0, 0.1) is 0 Å². The number of methoxy groups -OCH3 is 1. The molecule has 0 aromatic carbocycles. The second-order valence-corrected chi connectivity index (χ2v) is 6.22. The smallest absolute Gasteiger partial charge is 0.183 e. The average molecular weight is 284 g/mol. The van der Waals surface area contributed by atoms with Crippen molar-refractivity contribution >= 4 is 5.78 Å². The minimum atomic E-state index is -0.278. The quantitative estimate of drug-likeness (QED) is 0.788. The predicted molar refractivity (Wildman–Crippen MR) is 71.4 cm³/mol. The Hall–Kier alpha value is -0.490. The van der Waals surface area contributed by atoms with Crippen molar-refractivity contribution in [3.63, 3.8) is 0 Å². The molecular formula is C15H24O5. The summed E-state index contributed by atoms with van der Waals surface area (Å²) in [6.07, 6.45) is 5.22. The van der Waals surface area contributed by atoms with E-state index in [9.17, 15) is 4.79 Å². The molecule has 3 heterocycles. The van der Waals surface area contributed by atoms with Gasteiger partial charge in [0.1, 0.15) is 18.0 Å². The molecule has 5 nitrogen and oxygen atoms in total. The highest BCUT2D eigenvalue weighted by Gasteiger charge is 2.54. The first kappa shape index (κ1) is 14.4. The SMILES string of the molecule is CO[C@@H]1OCC2OC(CCC(C)=O)CCC23CC[C@H]1O3. The molecular weight excluding hydrogens is 260 g/mol. The van der Waals surface area contributed by atoms with Crippen LogP contribution in [0.4, 0.5) is 0 Å². The number of ketones is 1. The molecule has 3 aliphatic heterocycles. The van der Waals surface area contributed by atoms with Crippen molar-refractivity contribution in [3.05, 3.63) is 0 Å². The zero-order chi connectivity index (χ0) is 14.2. The Morgan fingerprint density at radius 3 is 2.90 bits per heavy atom. The fourth-order valence-corrected chi connectivity index (χ4v) is 3.69. The lowest BCUT2D eigenvalue weighted by atomic mass is 9.83. The van der Waals surface area contributed by atoms with Crippen molar-refractivity contribution in [3.8, 4) is 0 Å². The second kappa shape index (κ2) is 5.72. The number of carbonyl (C=O) groups excluding carboxylic acids is 1. The van der Waals surface area contributed by atoms with Crippen molar-refractivity contribution < 1.29 is 23.7 Å². The molecule has 0 amide bonds. The minimum Gasteiger partial charge on any atom is -0.370 e. The van der Waals surface area contributed by atoms with E-state index in [1.165, 1.54) is 0 Å². The standard InChI is InChI=1S/C15H24O5/c1-10(16)3-4-11-5-7-15-8-6-12(20-15)14(17-2)18-9-13(15)19-11/h11-14H,3-9H2,1-2H3/t11?,12-,13?,14-,15?/m1/s1. The first-order valence-electron chi connectivity index (χ1n) is 7.60. The molecule has 0 saturated carbocycles. The summed E-state index contributed by atoms with van der Waals surface area (Å²) in [5, 5.41) is 0. The summed E-state index contributed by atoms with van der Waals surface area (Å²) in [5.41, 5.74) is -0.190. The number of hydrogen-bond acceptors (Lipinski definition) is 5. The molecule has 3 fully saturated rings. The van der Waals surface area contributed by atoms with Crippen LogP contribution in [0.15, 0.2) is 0 Å². The third kappa shape index (κ3) is 2.64. The van der Waals surface area contributed by atoms with Crippen molar-refractivity contribution in [2.45, 2.75) is 75.7 Å². The third-order valence-electron chi connectivity index (χ3n) is 4.84. The molecule has 5 atom stereocenters. The molecule has 3 saturated heterocycles. The Labute approximate surface area is 119 Å². The highest BCUT2D eigenvalue weighted by atomic mass is 16.7. The molecule has 1 spiro atoms. The third-order valence-corrected chi connectivity index (χ3v) is 4.84. The van der Waals surface area contributed by atoms with Crippen molar-refractivity contribution in [1.82, 2.24) is 0 Å². The van der Waals surface area contributed by atoms with E-state index in [0.29, 0.717) is 13.0 Å². The van der Waals surface area contributed by atoms with Gasteiger partial charge in [0.05, 0.1) is 18.3 Å². The molecule has 0 aliphatic carbocycles. The summed E-state index contributed by atoms with van der Waals surface area (Å²) in [7, 11) is 1.66. The number of Topliss-reactive ketones (excluding diaryl/α,β-unsaturated/α-hetero) is 1. The maximum Gasteiger partial charge on any atom is 0.183 e. The Morgan fingerprint density at radius 2 is 2.15 bits per heavy atom. The summed E-state index contributed by atoms with van der Waals surface area (Å²) in [6, 6.07) is 0. The lowest BCUT2D eigenvalue weighted by Gasteiger charge is -2.42. The van der Waals surface area contributed by atoms with E-state index >= 15 is 0 Å². The van der Waals surface area contributed by atoms with Crippen LogP contribution in [0.3, 0.4) is 0 Å². The zero-order valence-electron chi connectivity index (χ0n) is 12.3. The van der Waals surface area contributed by atoms with Crippen molar-refractivity contribution in [2.75, 3.05) is 13.7 Å². The number of hydrogen-bond donors (Lipinski definition) is 0. The fraction of sp³-hybridized carbons (Fsp3) is 0.933. The molecule has 0 aromatic rings. The number of carbonyl (C=O) groups is 1. The van der Waals surface area contributed by atoms with Gasteiger partial charge < -0.3 is 23.7 Å². The van der Waals surface area contributed by atoms with Gasteiger partial charge in [-0.1, -0.05) is 0 Å². The molecule has 3 rings (SSSR count). The Balaban J connectivity index is 1.65. The van der Waals surface area contributed by atoms with Crippen LogP contribution in [0.25, 0.3) is 0 Å². The largest absolute Gasteiger partial charge is 0.370 e. The number of ether oxygens (including phenoxy) is 4. The molecule has 2 bridgehead atoms. The van der Waals surface area contributed by atoms with E-state index in [0.717, 1.165) is 32.1 Å². The molecule has 3 aliphatic rings. The maximum absolute atomic E-state index is 11.1. The van der Waals surface area contributed by atoms with Crippen LogP contribution >= 0.6 is 0 Å². The predicted octanol–water partition coefficient (Wildman–Crippen LogP) is 1.82. The minimum absolute atomic E-state index is 0.0293. The summed E-state index contributed by atoms with van der Waals surface area (Å²) < 4.78 is 23.6.